The standard InChI is InChI=1S/C27H27N3O7/c1-14-17-7-9-22(31)15(2)25(17)37-27(36)18(14)8-10-23(32)30-21(26(35)29-13-24(33)34)11-16-12-28-20-6-4-3-5-19(16)20/h3-7,9,12,21,28,31H,8,10-11,13H2,1-2H3,(H,29,35)(H,30,32)(H,33,34)/t21-/m0/s1. The molecule has 10 heteroatoms. The van der Waals surface area contributed by atoms with Crippen LogP contribution in [0.4, 0.5) is 0 Å². The maximum Gasteiger partial charge on any atom is 0.339 e. The van der Waals surface area contributed by atoms with Crippen LogP contribution in [-0.4, -0.2) is 45.6 Å². The Hall–Kier alpha value is -4.60. The lowest BCUT2D eigenvalue weighted by Crippen LogP contribution is -2.49. The molecule has 0 aliphatic heterocycles. The smallest absolute Gasteiger partial charge is 0.339 e. The molecule has 4 aromatic rings. The second kappa shape index (κ2) is 10.6. The fourth-order valence-corrected chi connectivity index (χ4v) is 4.39. The number of hydrogen-bond donors (Lipinski definition) is 5. The number of carboxylic acids is 1. The Balaban J connectivity index is 1.52. The topological polar surface area (TPSA) is 162 Å². The number of carboxylic acid groups (broad SMARTS) is 1. The average molecular weight is 506 g/mol. The van der Waals surface area contributed by atoms with Gasteiger partial charge in [0.2, 0.25) is 11.8 Å². The van der Waals surface area contributed by atoms with Gasteiger partial charge in [0.05, 0.1) is 0 Å². The van der Waals surface area contributed by atoms with Crippen molar-refractivity contribution in [3.63, 3.8) is 0 Å². The molecule has 0 spiro atoms. The van der Waals surface area contributed by atoms with E-state index in [1.807, 2.05) is 24.3 Å². The molecule has 2 aromatic heterocycles. The van der Waals surface area contributed by atoms with E-state index in [1.54, 1.807) is 26.1 Å². The van der Waals surface area contributed by atoms with E-state index in [2.05, 4.69) is 15.6 Å². The van der Waals surface area contributed by atoms with Crippen molar-refractivity contribution in [3.05, 3.63) is 75.3 Å². The Morgan fingerprint density at radius 2 is 1.81 bits per heavy atom. The van der Waals surface area contributed by atoms with Gasteiger partial charge in [-0.3, -0.25) is 14.4 Å². The van der Waals surface area contributed by atoms with Gasteiger partial charge in [0.25, 0.3) is 0 Å². The van der Waals surface area contributed by atoms with Gasteiger partial charge in [-0.1, -0.05) is 18.2 Å². The van der Waals surface area contributed by atoms with Gasteiger partial charge in [-0.15, -0.1) is 0 Å². The molecular weight excluding hydrogens is 478 g/mol. The minimum Gasteiger partial charge on any atom is -0.508 e. The minimum absolute atomic E-state index is 0.0181. The third kappa shape index (κ3) is 5.48. The number of phenolic OH excluding ortho intramolecular Hbond substituents is 1. The molecule has 5 N–H and O–H groups in total. The van der Waals surface area contributed by atoms with Crippen molar-refractivity contribution in [1.29, 1.82) is 0 Å². The largest absolute Gasteiger partial charge is 0.508 e. The molecule has 37 heavy (non-hydrogen) atoms. The van der Waals surface area contributed by atoms with E-state index in [-0.39, 0.29) is 25.0 Å². The average Bonchev–Trinajstić information content (AvgIpc) is 3.27. The SMILES string of the molecule is Cc1c(CCC(=O)N[C@@H](Cc2c[nH]c3ccccc23)C(=O)NCC(=O)O)c(=O)oc2c(C)c(O)ccc12. The number of aliphatic carboxylic acids is 1. The van der Waals surface area contributed by atoms with Gasteiger partial charge in [0.1, 0.15) is 23.9 Å². The number of H-pyrrole nitrogens is 1. The monoisotopic (exact) mass is 505 g/mol. The summed E-state index contributed by atoms with van der Waals surface area (Å²) in [4.78, 5) is 52.3. The Bertz CT molecular complexity index is 1570. The Morgan fingerprint density at radius 3 is 2.57 bits per heavy atom. The summed E-state index contributed by atoms with van der Waals surface area (Å²) >= 11 is 0. The quantitative estimate of drug-likeness (QED) is 0.218. The molecule has 0 aliphatic rings. The molecule has 0 saturated heterocycles. The summed E-state index contributed by atoms with van der Waals surface area (Å²) < 4.78 is 5.43. The highest BCUT2D eigenvalue weighted by Gasteiger charge is 2.24. The second-order valence-electron chi connectivity index (χ2n) is 8.87. The molecule has 2 heterocycles. The zero-order valence-electron chi connectivity index (χ0n) is 20.4. The first-order chi connectivity index (χ1) is 17.7. The highest BCUT2D eigenvalue weighted by Crippen LogP contribution is 2.28. The van der Waals surface area contributed by atoms with E-state index in [9.17, 15) is 24.3 Å². The van der Waals surface area contributed by atoms with Crippen LogP contribution in [0.1, 0.15) is 28.7 Å². The summed E-state index contributed by atoms with van der Waals surface area (Å²) in [6, 6.07) is 9.66. The number of benzene rings is 2. The predicted molar refractivity (Wildman–Crippen MR) is 137 cm³/mol. The van der Waals surface area contributed by atoms with Crippen molar-refractivity contribution in [3.8, 4) is 5.75 Å². The van der Waals surface area contributed by atoms with E-state index in [4.69, 9.17) is 9.52 Å². The number of aromatic hydroxyl groups is 1. The van der Waals surface area contributed by atoms with E-state index in [1.165, 1.54) is 6.07 Å². The van der Waals surface area contributed by atoms with Gasteiger partial charge in [-0.2, -0.15) is 0 Å². The number of aryl methyl sites for hydroxylation is 2. The summed E-state index contributed by atoms with van der Waals surface area (Å²) in [5.74, 6) is -2.29. The fourth-order valence-electron chi connectivity index (χ4n) is 4.39. The Morgan fingerprint density at radius 1 is 1.05 bits per heavy atom. The van der Waals surface area contributed by atoms with Gasteiger partial charge in [0, 0.05) is 46.5 Å². The van der Waals surface area contributed by atoms with Gasteiger partial charge < -0.3 is 30.2 Å². The zero-order valence-corrected chi connectivity index (χ0v) is 20.4. The van der Waals surface area contributed by atoms with E-state index in [0.717, 1.165) is 16.5 Å². The van der Waals surface area contributed by atoms with E-state index in [0.29, 0.717) is 27.7 Å². The van der Waals surface area contributed by atoms with Crippen LogP contribution in [-0.2, 0) is 27.2 Å². The highest BCUT2D eigenvalue weighted by molar-refractivity contribution is 5.91. The molecule has 192 valence electrons. The molecule has 10 nitrogen and oxygen atoms in total. The summed E-state index contributed by atoms with van der Waals surface area (Å²) in [6.45, 7) is 2.82. The molecule has 2 aromatic carbocycles. The number of aromatic nitrogens is 1. The lowest BCUT2D eigenvalue weighted by molar-refractivity contribution is -0.138. The molecular formula is C27H27N3O7. The van der Waals surface area contributed by atoms with Crippen molar-refractivity contribution in [1.82, 2.24) is 15.6 Å². The van der Waals surface area contributed by atoms with Crippen LogP contribution in [0.3, 0.4) is 0 Å². The molecule has 0 fully saturated rings. The number of fused-ring (bicyclic) bond motifs is 2. The second-order valence-corrected chi connectivity index (χ2v) is 8.87. The van der Waals surface area contributed by atoms with Crippen LogP contribution < -0.4 is 16.3 Å². The summed E-state index contributed by atoms with van der Waals surface area (Å²) in [5.41, 5.74) is 2.79. The molecule has 0 bridgehead atoms. The zero-order chi connectivity index (χ0) is 26.7. The van der Waals surface area contributed by atoms with Crippen LogP contribution in [0.25, 0.3) is 21.9 Å². The number of para-hydroxylation sites is 1. The first-order valence-corrected chi connectivity index (χ1v) is 11.7. The van der Waals surface area contributed by atoms with Crippen molar-refractivity contribution in [2.45, 2.75) is 39.2 Å². The van der Waals surface area contributed by atoms with Crippen molar-refractivity contribution < 1.29 is 29.0 Å². The van der Waals surface area contributed by atoms with Crippen molar-refractivity contribution in [2.24, 2.45) is 0 Å². The normalized spacial score (nSPS) is 11.9. The molecule has 1 atom stereocenters. The third-order valence-corrected chi connectivity index (χ3v) is 6.44. The first kappa shape index (κ1) is 25.5. The third-order valence-electron chi connectivity index (χ3n) is 6.44. The molecule has 0 unspecified atom stereocenters. The number of carbonyl (C=O) groups excluding carboxylic acids is 2. The summed E-state index contributed by atoms with van der Waals surface area (Å²) in [7, 11) is 0. The summed E-state index contributed by atoms with van der Waals surface area (Å²) in [5, 5.41) is 25.4. The number of amides is 2. The number of phenols is 1. The van der Waals surface area contributed by atoms with E-state index >= 15 is 0 Å². The lowest BCUT2D eigenvalue weighted by Gasteiger charge is -2.18. The number of nitrogens with one attached hydrogen (secondary N) is 3. The first-order valence-electron chi connectivity index (χ1n) is 11.7. The number of hydrogen-bond acceptors (Lipinski definition) is 6. The molecule has 0 aliphatic carbocycles. The van der Waals surface area contributed by atoms with Crippen LogP contribution in [0.5, 0.6) is 5.75 Å². The summed E-state index contributed by atoms with van der Waals surface area (Å²) in [6.07, 6.45) is 1.87. The van der Waals surface area contributed by atoms with E-state index < -0.39 is 36.0 Å². The number of aromatic amines is 1. The van der Waals surface area contributed by atoms with Gasteiger partial charge in [-0.05, 0) is 49.6 Å². The van der Waals surface area contributed by atoms with Crippen LogP contribution >= 0.6 is 0 Å². The van der Waals surface area contributed by atoms with Gasteiger partial charge in [-0.25, -0.2) is 4.79 Å². The number of rotatable bonds is 9. The van der Waals surface area contributed by atoms with Crippen LogP contribution in [0.2, 0.25) is 0 Å². The lowest BCUT2D eigenvalue weighted by atomic mass is 10.00. The molecule has 2 amide bonds. The Kier molecular flexibility index (Phi) is 7.28. The van der Waals surface area contributed by atoms with Crippen molar-refractivity contribution >= 4 is 39.7 Å². The van der Waals surface area contributed by atoms with Gasteiger partial charge >= 0.3 is 11.6 Å². The molecule has 4 rings (SSSR count). The molecule has 0 saturated carbocycles. The predicted octanol–water partition coefficient (Wildman–Crippen LogP) is 2.46. The van der Waals surface area contributed by atoms with Crippen LogP contribution in [0.15, 0.2) is 51.8 Å². The fraction of sp³-hybridized carbons (Fsp3) is 0.259. The number of carbonyl (C=O) groups is 3. The molecule has 0 radical (unpaired) electrons. The van der Waals surface area contributed by atoms with Crippen molar-refractivity contribution in [2.75, 3.05) is 6.54 Å². The maximum absolute atomic E-state index is 12.9. The van der Waals surface area contributed by atoms with Crippen LogP contribution in [0, 0.1) is 13.8 Å². The van der Waals surface area contributed by atoms with Gasteiger partial charge in [0.15, 0.2) is 0 Å². The minimum atomic E-state index is -1.20. The Labute approximate surface area is 211 Å². The highest BCUT2D eigenvalue weighted by atomic mass is 16.4. The maximum atomic E-state index is 12.9.